The van der Waals surface area contributed by atoms with E-state index in [1.54, 1.807) is 19.1 Å². The van der Waals surface area contributed by atoms with E-state index in [-0.39, 0.29) is 5.43 Å². The van der Waals surface area contributed by atoms with Gasteiger partial charge in [0, 0.05) is 0 Å². The highest BCUT2D eigenvalue weighted by atomic mass is 79.9. The molecule has 0 aliphatic heterocycles. The second-order valence-electron chi connectivity index (χ2n) is 3.48. The molecule has 0 amide bonds. The minimum Gasteiger partial charge on any atom is -0.493 e. The number of hydrogen-bond donors (Lipinski definition) is 0. The van der Waals surface area contributed by atoms with E-state index in [1.807, 2.05) is 0 Å². The molecule has 2 aromatic rings. The SMILES string of the molecule is COc1ccc2c(=O)c(Br)c(C)oc2c1OC. The van der Waals surface area contributed by atoms with Gasteiger partial charge in [-0.3, -0.25) is 4.79 Å². The Kier molecular flexibility index (Phi) is 3.11. The third-order valence-electron chi connectivity index (χ3n) is 2.51. The number of hydrogen-bond acceptors (Lipinski definition) is 4. The topological polar surface area (TPSA) is 48.7 Å². The summed E-state index contributed by atoms with van der Waals surface area (Å²) < 4.78 is 16.4. The highest BCUT2D eigenvalue weighted by Gasteiger charge is 2.16. The summed E-state index contributed by atoms with van der Waals surface area (Å²) >= 11 is 3.20. The van der Waals surface area contributed by atoms with Crippen LogP contribution in [-0.2, 0) is 0 Å². The summed E-state index contributed by atoms with van der Waals surface area (Å²) in [5.41, 5.74) is 0.280. The van der Waals surface area contributed by atoms with Gasteiger partial charge in [-0.2, -0.15) is 0 Å². The molecule has 0 atom stereocenters. The lowest BCUT2D eigenvalue weighted by molar-refractivity contribution is 0.352. The summed E-state index contributed by atoms with van der Waals surface area (Å²) in [6, 6.07) is 3.34. The molecule has 0 spiro atoms. The fraction of sp³-hybridized carbons (Fsp3) is 0.250. The number of rotatable bonds is 2. The van der Waals surface area contributed by atoms with Crippen molar-refractivity contribution in [3.8, 4) is 11.5 Å². The van der Waals surface area contributed by atoms with Gasteiger partial charge < -0.3 is 13.9 Å². The Hall–Kier alpha value is -1.49. The third kappa shape index (κ3) is 1.80. The quantitative estimate of drug-likeness (QED) is 0.855. The Morgan fingerprint density at radius 3 is 2.53 bits per heavy atom. The van der Waals surface area contributed by atoms with Gasteiger partial charge in [0.15, 0.2) is 11.3 Å². The zero-order chi connectivity index (χ0) is 12.6. The molecule has 0 bridgehead atoms. The van der Waals surface area contributed by atoms with Gasteiger partial charge >= 0.3 is 0 Å². The molecule has 0 radical (unpaired) electrons. The standard InChI is InChI=1S/C12H11BrO4/c1-6-9(13)10(14)7-4-5-8(15-2)12(16-3)11(7)17-6/h4-5H,1-3H3. The van der Waals surface area contributed by atoms with Crippen LogP contribution in [0.1, 0.15) is 5.76 Å². The molecular weight excluding hydrogens is 288 g/mol. The molecule has 0 unspecified atom stereocenters. The van der Waals surface area contributed by atoms with Gasteiger partial charge in [0.2, 0.25) is 11.2 Å². The molecule has 1 aromatic heterocycles. The van der Waals surface area contributed by atoms with E-state index in [4.69, 9.17) is 13.9 Å². The Balaban J connectivity index is 2.96. The van der Waals surface area contributed by atoms with Gasteiger partial charge in [-0.25, -0.2) is 0 Å². The average molecular weight is 299 g/mol. The van der Waals surface area contributed by atoms with Crippen molar-refractivity contribution < 1.29 is 13.9 Å². The molecule has 2 rings (SSSR count). The van der Waals surface area contributed by atoms with E-state index >= 15 is 0 Å². The van der Waals surface area contributed by atoms with Gasteiger partial charge in [-0.15, -0.1) is 0 Å². The molecule has 0 aliphatic carbocycles. The van der Waals surface area contributed by atoms with Crippen molar-refractivity contribution in [2.24, 2.45) is 0 Å². The Morgan fingerprint density at radius 2 is 1.94 bits per heavy atom. The Labute approximate surface area is 106 Å². The summed E-state index contributed by atoms with van der Waals surface area (Å²) in [7, 11) is 3.04. The molecule has 17 heavy (non-hydrogen) atoms. The Bertz CT molecular complexity index is 630. The van der Waals surface area contributed by atoms with E-state index < -0.39 is 0 Å². The molecule has 5 heteroatoms. The van der Waals surface area contributed by atoms with Gasteiger partial charge in [-0.05, 0) is 35.0 Å². The summed E-state index contributed by atoms with van der Waals surface area (Å²) in [5.74, 6) is 1.47. The predicted octanol–water partition coefficient (Wildman–Crippen LogP) is 2.88. The number of methoxy groups -OCH3 is 2. The minimum absolute atomic E-state index is 0.121. The maximum absolute atomic E-state index is 12.0. The fourth-order valence-corrected chi connectivity index (χ4v) is 1.95. The molecule has 0 saturated heterocycles. The van der Waals surface area contributed by atoms with Crippen LogP contribution >= 0.6 is 15.9 Å². The molecule has 0 fully saturated rings. The van der Waals surface area contributed by atoms with Crippen LogP contribution in [0, 0.1) is 6.92 Å². The zero-order valence-corrected chi connectivity index (χ0v) is 11.3. The minimum atomic E-state index is -0.121. The van der Waals surface area contributed by atoms with Crippen LogP contribution in [0.5, 0.6) is 11.5 Å². The van der Waals surface area contributed by atoms with E-state index in [0.29, 0.717) is 32.7 Å². The molecular formula is C12H11BrO4. The maximum atomic E-state index is 12.0. The molecule has 0 saturated carbocycles. The van der Waals surface area contributed by atoms with Crippen LogP contribution in [0.25, 0.3) is 11.0 Å². The van der Waals surface area contributed by atoms with Crippen LogP contribution in [-0.4, -0.2) is 14.2 Å². The number of aryl methyl sites for hydroxylation is 1. The molecule has 0 aliphatic rings. The van der Waals surface area contributed by atoms with Gasteiger partial charge in [0.25, 0.3) is 0 Å². The van der Waals surface area contributed by atoms with Gasteiger partial charge in [0.1, 0.15) is 10.2 Å². The van der Waals surface area contributed by atoms with Crippen molar-refractivity contribution >= 4 is 26.9 Å². The molecule has 0 N–H and O–H groups in total. The normalized spacial score (nSPS) is 10.6. The monoisotopic (exact) mass is 298 g/mol. The first kappa shape index (κ1) is 12.0. The van der Waals surface area contributed by atoms with Crippen molar-refractivity contribution in [1.29, 1.82) is 0 Å². The summed E-state index contributed by atoms with van der Waals surface area (Å²) in [4.78, 5) is 12.0. The van der Waals surface area contributed by atoms with Crippen molar-refractivity contribution in [3.63, 3.8) is 0 Å². The van der Waals surface area contributed by atoms with Crippen molar-refractivity contribution in [3.05, 3.63) is 32.6 Å². The van der Waals surface area contributed by atoms with Crippen molar-refractivity contribution in [2.75, 3.05) is 14.2 Å². The number of fused-ring (bicyclic) bond motifs is 1. The third-order valence-corrected chi connectivity index (χ3v) is 3.43. The first-order valence-electron chi connectivity index (χ1n) is 4.94. The first-order valence-corrected chi connectivity index (χ1v) is 5.73. The number of halogens is 1. The second kappa shape index (κ2) is 4.41. The van der Waals surface area contributed by atoms with Crippen LogP contribution in [0.4, 0.5) is 0 Å². The van der Waals surface area contributed by atoms with Crippen LogP contribution in [0.2, 0.25) is 0 Å². The lowest BCUT2D eigenvalue weighted by atomic mass is 10.2. The number of benzene rings is 1. The molecule has 1 aromatic carbocycles. The largest absolute Gasteiger partial charge is 0.493 e. The lowest BCUT2D eigenvalue weighted by Crippen LogP contribution is -2.05. The van der Waals surface area contributed by atoms with Crippen LogP contribution < -0.4 is 14.9 Å². The lowest BCUT2D eigenvalue weighted by Gasteiger charge is -2.10. The van der Waals surface area contributed by atoms with Crippen molar-refractivity contribution in [2.45, 2.75) is 6.92 Å². The Morgan fingerprint density at radius 1 is 1.24 bits per heavy atom. The smallest absolute Gasteiger partial charge is 0.207 e. The van der Waals surface area contributed by atoms with Gasteiger partial charge in [0.05, 0.1) is 19.6 Å². The first-order chi connectivity index (χ1) is 8.10. The zero-order valence-electron chi connectivity index (χ0n) is 9.67. The van der Waals surface area contributed by atoms with E-state index in [1.165, 1.54) is 14.2 Å². The molecule has 90 valence electrons. The average Bonchev–Trinajstić information content (AvgIpc) is 2.34. The summed E-state index contributed by atoms with van der Waals surface area (Å²) in [6.07, 6.45) is 0. The van der Waals surface area contributed by atoms with E-state index in [2.05, 4.69) is 15.9 Å². The van der Waals surface area contributed by atoms with Crippen LogP contribution in [0.3, 0.4) is 0 Å². The fourth-order valence-electron chi connectivity index (χ4n) is 1.65. The summed E-state index contributed by atoms with van der Waals surface area (Å²) in [6.45, 7) is 1.71. The maximum Gasteiger partial charge on any atom is 0.207 e. The molecule has 1 heterocycles. The van der Waals surface area contributed by atoms with E-state index in [9.17, 15) is 4.79 Å². The van der Waals surface area contributed by atoms with Crippen molar-refractivity contribution in [1.82, 2.24) is 0 Å². The van der Waals surface area contributed by atoms with Gasteiger partial charge in [-0.1, -0.05) is 0 Å². The highest BCUT2D eigenvalue weighted by molar-refractivity contribution is 9.10. The van der Waals surface area contributed by atoms with Crippen LogP contribution in [0.15, 0.2) is 25.8 Å². The van der Waals surface area contributed by atoms with E-state index in [0.717, 1.165) is 0 Å². The predicted molar refractivity (Wildman–Crippen MR) is 68.0 cm³/mol. The highest BCUT2D eigenvalue weighted by Crippen LogP contribution is 2.35. The molecule has 4 nitrogen and oxygen atoms in total. The number of ether oxygens (including phenoxy) is 2. The summed E-state index contributed by atoms with van der Waals surface area (Å²) in [5, 5.41) is 0.458. The second-order valence-corrected chi connectivity index (χ2v) is 4.27.